The van der Waals surface area contributed by atoms with Crippen molar-refractivity contribution in [2.75, 3.05) is 0 Å². The van der Waals surface area contributed by atoms with E-state index in [1.165, 1.54) is 0 Å². The van der Waals surface area contributed by atoms with Crippen molar-refractivity contribution in [3.05, 3.63) is 0 Å². The largest absolute Gasteiger partial charge is 0.373 e. The molecule has 0 N–H and O–H groups in total. The van der Waals surface area contributed by atoms with Crippen LogP contribution in [0.4, 0.5) is 0 Å². The minimum atomic E-state index is -0.138. The first kappa shape index (κ1) is 10.1. The van der Waals surface area contributed by atoms with Crippen LogP contribution < -0.4 is 0 Å². The molecular formula is C14H16O4. The SMILES string of the molecule is O=C1[C@@H]2[C@H](C(=O)[C@@H]3[C@H]1[C@H]1CC[C@@H]3O1)[C@H]1CC[C@@H]2O1. The summed E-state index contributed by atoms with van der Waals surface area (Å²) < 4.78 is 11.7. The van der Waals surface area contributed by atoms with Gasteiger partial charge in [0.2, 0.25) is 0 Å². The van der Waals surface area contributed by atoms with Crippen molar-refractivity contribution in [1.82, 2.24) is 0 Å². The maximum absolute atomic E-state index is 12.7. The number of ketones is 2. The van der Waals surface area contributed by atoms with Crippen LogP contribution in [0.25, 0.3) is 0 Å². The van der Waals surface area contributed by atoms with Gasteiger partial charge in [0.25, 0.3) is 0 Å². The molecule has 1 aliphatic carbocycles. The zero-order chi connectivity index (χ0) is 12.0. The van der Waals surface area contributed by atoms with Crippen LogP contribution >= 0.6 is 0 Å². The van der Waals surface area contributed by atoms with Gasteiger partial charge >= 0.3 is 0 Å². The Hall–Kier alpha value is -0.740. The molecule has 0 amide bonds. The molecule has 5 rings (SSSR count). The Morgan fingerprint density at radius 2 is 0.889 bits per heavy atom. The molecule has 8 atom stereocenters. The maximum atomic E-state index is 12.7. The summed E-state index contributed by atoms with van der Waals surface area (Å²) >= 11 is 0. The Bertz CT molecular complexity index is 381. The third-order valence-electron chi connectivity index (χ3n) is 5.86. The number of carbonyl (C=O) groups excluding carboxylic acids is 2. The summed E-state index contributed by atoms with van der Waals surface area (Å²) in [7, 11) is 0. The normalized spacial score (nSPS) is 60.2. The fraction of sp³-hybridized carbons (Fsp3) is 0.857. The molecule has 4 heteroatoms. The number of carbonyl (C=O) groups is 2. The van der Waals surface area contributed by atoms with E-state index >= 15 is 0 Å². The van der Waals surface area contributed by atoms with Gasteiger partial charge < -0.3 is 9.47 Å². The highest BCUT2D eigenvalue weighted by Gasteiger charge is 2.67. The topological polar surface area (TPSA) is 52.6 Å². The van der Waals surface area contributed by atoms with Crippen LogP contribution in [0.5, 0.6) is 0 Å². The Labute approximate surface area is 105 Å². The van der Waals surface area contributed by atoms with Gasteiger partial charge in [-0.1, -0.05) is 0 Å². The zero-order valence-electron chi connectivity index (χ0n) is 10.1. The van der Waals surface area contributed by atoms with Gasteiger partial charge in [-0.2, -0.15) is 0 Å². The summed E-state index contributed by atoms with van der Waals surface area (Å²) in [6, 6.07) is 0. The van der Waals surface area contributed by atoms with Crippen LogP contribution in [0.3, 0.4) is 0 Å². The number of hydrogen-bond acceptors (Lipinski definition) is 4. The second-order valence-corrected chi connectivity index (χ2v) is 6.49. The van der Waals surface area contributed by atoms with Crippen LogP contribution in [0.15, 0.2) is 0 Å². The van der Waals surface area contributed by atoms with E-state index in [-0.39, 0.29) is 59.7 Å². The second kappa shape index (κ2) is 3.05. The van der Waals surface area contributed by atoms with Crippen molar-refractivity contribution in [2.45, 2.75) is 50.1 Å². The summed E-state index contributed by atoms with van der Waals surface area (Å²) in [5, 5.41) is 0. The van der Waals surface area contributed by atoms with Crippen LogP contribution in [0, 0.1) is 23.7 Å². The van der Waals surface area contributed by atoms with E-state index in [0.29, 0.717) is 0 Å². The Balaban J connectivity index is 1.61. The Kier molecular flexibility index (Phi) is 1.71. The lowest BCUT2D eigenvalue weighted by atomic mass is 9.58. The predicted molar refractivity (Wildman–Crippen MR) is 59.8 cm³/mol. The molecule has 18 heavy (non-hydrogen) atoms. The van der Waals surface area contributed by atoms with E-state index in [4.69, 9.17) is 9.47 Å². The molecule has 4 heterocycles. The standard InChI is InChI=1S/C14H16O4/c15-13-9-5-1-2-6(17-5)10(9)14(16)12-8-4-3-7(18-8)11(12)13/h5-12H,1-4H2/t5-,6+,7+,8-,9-,10+,11+,12-. The molecule has 96 valence electrons. The van der Waals surface area contributed by atoms with E-state index in [1.54, 1.807) is 0 Å². The maximum Gasteiger partial charge on any atom is 0.145 e. The van der Waals surface area contributed by atoms with Gasteiger partial charge in [-0.3, -0.25) is 9.59 Å². The minimum absolute atomic E-state index is 0.0246. The first-order chi connectivity index (χ1) is 8.75. The lowest BCUT2D eigenvalue weighted by Gasteiger charge is -2.39. The molecule has 0 aromatic carbocycles. The third kappa shape index (κ3) is 0.946. The van der Waals surface area contributed by atoms with E-state index in [1.807, 2.05) is 0 Å². The van der Waals surface area contributed by atoms with Crippen LogP contribution in [-0.2, 0) is 19.1 Å². The second-order valence-electron chi connectivity index (χ2n) is 6.49. The van der Waals surface area contributed by atoms with Crippen molar-refractivity contribution in [1.29, 1.82) is 0 Å². The lowest BCUT2D eigenvalue weighted by molar-refractivity contribution is -0.147. The highest BCUT2D eigenvalue weighted by molar-refractivity contribution is 6.02. The van der Waals surface area contributed by atoms with Crippen LogP contribution in [-0.4, -0.2) is 36.0 Å². The van der Waals surface area contributed by atoms with Gasteiger partial charge in [-0.05, 0) is 25.7 Å². The molecule has 0 aromatic rings. The summed E-state index contributed by atoms with van der Waals surface area (Å²) in [6.45, 7) is 0. The van der Waals surface area contributed by atoms with Crippen molar-refractivity contribution < 1.29 is 19.1 Å². The van der Waals surface area contributed by atoms with E-state index in [2.05, 4.69) is 0 Å². The number of rotatable bonds is 0. The molecule has 4 bridgehead atoms. The van der Waals surface area contributed by atoms with E-state index in [9.17, 15) is 9.59 Å². The average molecular weight is 248 g/mol. The smallest absolute Gasteiger partial charge is 0.145 e. The summed E-state index contributed by atoms with van der Waals surface area (Å²) in [5.41, 5.74) is 0. The van der Waals surface area contributed by atoms with Gasteiger partial charge in [0.15, 0.2) is 0 Å². The molecule has 0 unspecified atom stereocenters. The van der Waals surface area contributed by atoms with Gasteiger partial charge in [0.1, 0.15) is 11.6 Å². The molecular weight excluding hydrogens is 232 g/mol. The highest BCUT2D eigenvalue weighted by Crippen LogP contribution is 2.56. The van der Waals surface area contributed by atoms with Gasteiger partial charge in [-0.25, -0.2) is 0 Å². The molecule has 5 aliphatic rings. The van der Waals surface area contributed by atoms with Crippen molar-refractivity contribution in [2.24, 2.45) is 23.7 Å². The van der Waals surface area contributed by atoms with E-state index in [0.717, 1.165) is 25.7 Å². The highest BCUT2D eigenvalue weighted by atomic mass is 16.5. The molecule has 0 radical (unpaired) electrons. The third-order valence-corrected chi connectivity index (χ3v) is 5.86. The predicted octanol–water partition coefficient (Wildman–Crippen LogP) is 0.725. The van der Waals surface area contributed by atoms with Gasteiger partial charge in [-0.15, -0.1) is 0 Å². The number of ether oxygens (including phenoxy) is 2. The first-order valence-corrected chi connectivity index (χ1v) is 7.14. The number of fused-ring (bicyclic) bond motifs is 10. The summed E-state index contributed by atoms with van der Waals surface area (Å²) in [5.74, 6) is 0.00907. The van der Waals surface area contributed by atoms with Crippen molar-refractivity contribution >= 4 is 11.6 Å². The average Bonchev–Trinajstić information content (AvgIpc) is 3.10. The van der Waals surface area contributed by atoms with Crippen molar-refractivity contribution in [3.8, 4) is 0 Å². The fourth-order valence-corrected chi connectivity index (χ4v) is 5.25. The first-order valence-electron chi connectivity index (χ1n) is 7.14. The lowest BCUT2D eigenvalue weighted by Crippen LogP contribution is -2.54. The monoisotopic (exact) mass is 248 g/mol. The number of Topliss-reactive ketones (excluding diaryl/α,β-unsaturated/α-hetero) is 2. The molecule has 4 nitrogen and oxygen atoms in total. The Morgan fingerprint density at radius 1 is 0.611 bits per heavy atom. The van der Waals surface area contributed by atoms with Crippen LogP contribution in [0.2, 0.25) is 0 Å². The van der Waals surface area contributed by atoms with Gasteiger partial charge in [0, 0.05) is 0 Å². The fourth-order valence-electron chi connectivity index (χ4n) is 5.25. The molecule has 5 fully saturated rings. The molecule has 4 aliphatic heterocycles. The summed E-state index contributed by atoms with van der Waals surface area (Å²) in [4.78, 5) is 25.4. The molecule has 0 aromatic heterocycles. The van der Waals surface area contributed by atoms with Gasteiger partial charge in [0.05, 0.1) is 48.1 Å². The van der Waals surface area contributed by atoms with Crippen LogP contribution in [0.1, 0.15) is 25.7 Å². The molecule has 4 saturated heterocycles. The Morgan fingerprint density at radius 3 is 1.17 bits per heavy atom. The molecule has 0 spiro atoms. The van der Waals surface area contributed by atoms with Crippen molar-refractivity contribution in [3.63, 3.8) is 0 Å². The number of hydrogen-bond donors (Lipinski definition) is 0. The minimum Gasteiger partial charge on any atom is -0.373 e. The quantitative estimate of drug-likeness (QED) is 0.634. The summed E-state index contributed by atoms with van der Waals surface area (Å²) in [6.07, 6.45) is 3.92. The molecule has 1 saturated carbocycles. The van der Waals surface area contributed by atoms with E-state index < -0.39 is 0 Å². The zero-order valence-corrected chi connectivity index (χ0v) is 10.1.